The van der Waals surface area contributed by atoms with Gasteiger partial charge >= 0.3 is 6.18 Å². The molecule has 0 saturated heterocycles. The van der Waals surface area contributed by atoms with Crippen molar-refractivity contribution in [1.82, 2.24) is 19.7 Å². The van der Waals surface area contributed by atoms with Gasteiger partial charge in [-0.05, 0) is 12.1 Å². The van der Waals surface area contributed by atoms with E-state index in [2.05, 4.69) is 15.1 Å². The summed E-state index contributed by atoms with van der Waals surface area (Å²) in [4.78, 5) is 9.26. The number of pyridine rings is 1. The monoisotopic (exact) mass is 272 g/mol. The van der Waals surface area contributed by atoms with Gasteiger partial charge in [-0.25, -0.2) is 4.98 Å². The van der Waals surface area contributed by atoms with Crippen molar-refractivity contribution in [1.29, 1.82) is 0 Å². The molecular weight excluding hydrogens is 261 g/mol. The SMILES string of the molecule is CN(C)c1nc(N)n(-c2ccc(C(F)(F)F)cn2)n1. The first-order valence-electron chi connectivity index (χ1n) is 5.22. The molecule has 6 nitrogen and oxygen atoms in total. The first-order valence-corrected chi connectivity index (χ1v) is 5.22. The Labute approximate surface area is 106 Å². The van der Waals surface area contributed by atoms with Crippen LogP contribution in [0.3, 0.4) is 0 Å². The predicted molar refractivity (Wildman–Crippen MR) is 62.9 cm³/mol. The number of hydrogen-bond acceptors (Lipinski definition) is 5. The Bertz CT molecular complexity index is 572. The lowest BCUT2D eigenvalue weighted by Crippen LogP contribution is -2.11. The molecule has 19 heavy (non-hydrogen) atoms. The minimum Gasteiger partial charge on any atom is -0.368 e. The van der Waals surface area contributed by atoms with Gasteiger partial charge in [-0.1, -0.05) is 0 Å². The topological polar surface area (TPSA) is 72.9 Å². The number of nitrogen functional groups attached to an aromatic ring is 1. The van der Waals surface area contributed by atoms with Gasteiger partial charge < -0.3 is 10.6 Å². The number of aromatic nitrogens is 4. The van der Waals surface area contributed by atoms with E-state index in [4.69, 9.17) is 5.73 Å². The third kappa shape index (κ3) is 2.59. The van der Waals surface area contributed by atoms with E-state index < -0.39 is 11.7 Å². The molecule has 9 heteroatoms. The van der Waals surface area contributed by atoms with Crippen LogP contribution >= 0.6 is 0 Å². The molecule has 2 heterocycles. The zero-order chi connectivity index (χ0) is 14.2. The van der Waals surface area contributed by atoms with Crippen LogP contribution < -0.4 is 10.6 Å². The van der Waals surface area contributed by atoms with Gasteiger partial charge in [0.05, 0.1) is 5.56 Å². The number of hydrogen-bond donors (Lipinski definition) is 1. The molecule has 0 spiro atoms. The van der Waals surface area contributed by atoms with Crippen molar-refractivity contribution in [3.63, 3.8) is 0 Å². The molecule has 102 valence electrons. The van der Waals surface area contributed by atoms with E-state index in [9.17, 15) is 13.2 Å². The van der Waals surface area contributed by atoms with E-state index in [0.717, 1.165) is 12.3 Å². The Morgan fingerprint density at radius 3 is 2.37 bits per heavy atom. The Morgan fingerprint density at radius 1 is 1.26 bits per heavy atom. The highest BCUT2D eigenvalue weighted by molar-refractivity contribution is 5.39. The second kappa shape index (κ2) is 4.41. The van der Waals surface area contributed by atoms with Gasteiger partial charge in [-0.3, -0.25) is 0 Å². The molecule has 2 aromatic heterocycles. The number of rotatable bonds is 2. The standard InChI is InChI=1S/C10H11F3N6/c1-18(2)9-16-8(14)19(17-9)7-4-3-6(5-15-7)10(11,12)13/h3-5H,1-2H3,(H2,14,16,17). The van der Waals surface area contributed by atoms with Gasteiger partial charge in [0, 0.05) is 20.3 Å². The summed E-state index contributed by atoms with van der Waals surface area (Å²) < 4.78 is 38.4. The van der Waals surface area contributed by atoms with Crippen LogP contribution in [0.2, 0.25) is 0 Å². The van der Waals surface area contributed by atoms with Crippen molar-refractivity contribution < 1.29 is 13.2 Å². The molecule has 0 aliphatic heterocycles. The maximum atomic E-state index is 12.4. The first kappa shape index (κ1) is 13.1. The lowest BCUT2D eigenvalue weighted by Gasteiger charge is -2.07. The molecule has 0 aliphatic carbocycles. The molecule has 0 fully saturated rings. The average Bonchev–Trinajstić information content (AvgIpc) is 2.70. The van der Waals surface area contributed by atoms with Crippen molar-refractivity contribution in [2.75, 3.05) is 24.7 Å². The van der Waals surface area contributed by atoms with Crippen LogP contribution in [0, 0.1) is 0 Å². The molecule has 2 aromatic rings. The van der Waals surface area contributed by atoms with Crippen molar-refractivity contribution in [3.8, 4) is 5.82 Å². The molecule has 0 atom stereocenters. The summed E-state index contributed by atoms with van der Waals surface area (Å²) in [7, 11) is 3.44. The maximum Gasteiger partial charge on any atom is 0.417 e. The van der Waals surface area contributed by atoms with Crippen molar-refractivity contribution in [2.45, 2.75) is 6.18 Å². The number of nitrogens with zero attached hydrogens (tertiary/aromatic N) is 5. The molecule has 2 N–H and O–H groups in total. The molecule has 0 amide bonds. The quantitative estimate of drug-likeness (QED) is 0.892. The highest BCUT2D eigenvalue weighted by Crippen LogP contribution is 2.28. The third-order valence-corrected chi connectivity index (χ3v) is 2.31. The number of halogens is 3. The van der Waals surface area contributed by atoms with Crippen LogP contribution in [-0.4, -0.2) is 33.8 Å². The molecule has 0 aliphatic rings. The van der Waals surface area contributed by atoms with E-state index in [-0.39, 0.29) is 11.8 Å². The Kier molecular flexibility index (Phi) is 3.05. The Hall–Kier alpha value is -2.32. The van der Waals surface area contributed by atoms with E-state index in [1.807, 2.05) is 0 Å². The van der Waals surface area contributed by atoms with Crippen molar-refractivity contribution in [2.24, 2.45) is 0 Å². The summed E-state index contributed by atoms with van der Waals surface area (Å²) in [5.41, 5.74) is 4.80. The summed E-state index contributed by atoms with van der Waals surface area (Å²) in [6, 6.07) is 2.10. The average molecular weight is 272 g/mol. The lowest BCUT2D eigenvalue weighted by molar-refractivity contribution is -0.137. The summed E-state index contributed by atoms with van der Waals surface area (Å²) in [5.74, 6) is 0.571. The summed E-state index contributed by atoms with van der Waals surface area (Å²) in [5, 5.41) is 4.03. The van der Waals surface area contributed by atoms with Gasteiger partial charge in [-0.15, -0.1) is 5.10 Å². The molecular formula is C10H11F3N6. The van der Waals surface area contributed by atoms with Gasteiger partial charge in [-0.2, -0.15) is 22.8 Å². The number of anilines is 2. The predicted octanol–water partition coefficient (Wildman–Crippen LogP) is 1.33. The van der Waals surface area contributed by atoms with E-state index >= 15 is 0 Å². The normalized spacial score (nSPS) is 11.6. The van der Waals surface area contributed by atoms with Crippen molar-refractivity contribution >= 4 is 11.9 Å². The van der Waals surface area contributed by atoms with E-state index in [1.54, 1.807) is 19.0 Å². The Morgan fingerprint density at radius 2 is 1.95 bits per heavy atom. The minimum atomic E-state index is -4.42. The van der Waals surface area contributed by atoms with Gasteiger partial charge in [0.15, 0.2) is 5.82 Å². The number of nitrogens with two attached hydrogens (primary N) is 1. The second-order valence-electron chi connectivity index (χ2n) is 3.98. The lowest BCUT2D eigenvalue weighted by atomic mass is 10.3. The minimum absolute atomic E-state index is 0.0518. The smallest absolute Gasteiger partial charge is 0.368 e. The van der Waals surface area contributed by atoms with Gasteiger partial charge in [0.2, 0.25) is 11.9 Å². The molecule has 0 unspecified atom stereocenters. The number of alkyl halides is 3. The highest BCUT2D eigenvalue weighted by Gasteiger charge is 2.30. The summed E-state index contributed by atoms with van der Waals surface area (Å²) >= 11 is 0. The van der Waals surface area contributed by atoms with Crippen LogP contribution in [0.5, 0.6) is 0 Å². The molecule has 0 bridgehead atoms. The van der Waals surface area contributed by atoms with Crippen LogP contribution in [0.15, 0.2) is 18.3 Å². The largest absolute Gasteiger partial charge is 0.417 e. The molecule has 0 saturated carbocycles. The van der Waals surface area contributed by atoms with Crippen LogP contribution in [0.25, 0.3) is 5.82 Å². The summed E-state index contributed by atoms with van der Waals surface area (Å²) in [6.45, 7) is 0. The van der Waals surface area contributed by atoms with Crippen molar-refractivity contribution in [3.05, 3.63) is 23.9 Å². The molecule has 0 aromatic carbocycles. The summed E-state index contributed by atoms with van der Waals surface area (Å²) in [6.07, 6.45) is -3.69. The molecule has 2 rings (SSSR count). The van der Waals surface area contributed by atoms with E-state index in [1.165, 1.54) is 10.7 Å². The first-order chi connectivity index (χ1) is 8.79. The third-order valence-electron chi connectivity index (χ3n) is 2.31. The van der Waals surface area contributed by atoms with Crippen LogP contribution in [0.4, 0.5) is 25.1 Å². The molecule has 0 radical (unpaired) electrons. The fourth-order valence-electron chi connectivity index (χ4n) is 1.35. The second-order valence-corrected chi connectivity index (χ2v) is 3.98. The van der Waals surface area contributed by atoms with Crippen LogP contribution in [-0.2, 0) is 6.18 Å². The Balaban J connectivity index is 2.37. The fourth-order valence-corrected chi connectivity index (χ4v) is 1.35. The van der Waals surface area contributed by atoms with Gasteiger partial charge in [0.1, 0.15) is 0 Å². The van der Waals surface area contributed by atoms with Crippen LogP contribution in [0.1, 0.15) is 5.56 Å². The highest BCUT2D eigenvalue weighted by atomic mass is 19.4. The fraction of sp³-hybridized carbons (Fsp3) is 0.300. The zero-order valence-electron chi connectivity index (χ0n) is 10.2. The van der Waals surface area contributed by atoms with E-state index in [0.29, 0.717) is 5.95 Å². The van der Waals surface area contributed by atoms with Gasteiger partial charge in [0.25, 0.3) is 0 Å². The zero-order valence-corrected chi connectivity index (χ0v) is 10.2. The maximum absolute atomic E-state index is 12.4.